The Labute approximate surface area is 290 Å². The van der Waals surface area contributed by atoms with Crippen LogP contribution in [-0.4, -0.2) is 67.5 Å². The Bertz CT molecular complexity index is 1230. The highest BCUT2D eigenvalue weighted by Crippen LogP contribution is 2.67. The molecule has 0 N–H and O–H groups in total. The molecule has 4 fully saturated rings. The summed E-state index contributed by atoms with van der Waals surface area (Å²) in [4.78, 5) is 72.3. The fourth-order valence-electron chi connectivity index (χ4n) is 9.96. The van der Waals surface area contributed by atoms with Crippen molar-refractivity contribution in [2.75, 3.05) is 13.2 Å². The van der Waals surface area contributed by atoms with E-state index in [4.69, 9.17) is 28.4 Å². The zero-order valence-corrected chi connectivity index (χ0v) is 30.3. The van der Waals surface area contributed by atoms with E-state index in [-0.39, 0.29) is 48.9 Å². The normalized spacial score (nSPS) is 33.1. The van der Waals surface area contributed by atoms with Crippen LogP contribution >= 0.6 is 0 Å². The van der Waals surface area contributed by atoms with E-state index >= 15 is 0 Å². The minimum absolute atomic E-state index is 0.134. The van der Waals surface area contributed by atoms with Crippen LogP contribution in [0, 0.1) is 46.3 Å². The summed E-state index contributed by atoms with van der Waals surface area (Å²) in [5.74, 6) is -0.0428. The van der Waals surface area contributed by atoms with Gasteiger partial charge in [-0.15, -0.1) is 0 Å². The first-order valence-corrected chi connectivity index (χ1v) is 18.0. The average Bonchev–Trinajstić information content (AvgIpc) is 3.35. The van der Waals surface area contributed by atoms with Crippen molar-refractivity contribution >= 4 is 35.8 Å². The van der Waals surface area contributed by atoms with E-state index in [0.717, 1.165) is 51.4 Å². The molecule has 12 nitrogen and oxygen atoms in total. The number of ether oxygens (including phenoxy) is 6. The van der Waals surface area contributed by atoms with Gasteiger partial charge in [-0.05, 0) is 105 Å². The Morgan fingerprint density at radius 3 is 1.90 bits per heavy atom. The van der Waals surface area contributed by atoms with Crippen molar-refractivity contribution in [3.8, 4) is 0 Å². The van der Waals surface area contributed by atoms with Crippen molar-refractivity contribution in [1.29, 1.82) is 0 Å². The zero-order valence-electron chi connectivity index (χ0n) is 30.3. The number of rotatable bonds is 13. The molecule has 4 rings (SSSR count). The number of ketones is 1. The molecule has 4 saturated carbocycles. The molecule has 0 saturated heterocycles. The maximum Gasteiger partial charge on any atom is 0.511 e. The lowest BCUT2D eigenvalue weighted by molar-refractivity contribution is -0.173. The van der Waals surface area contributed by atoms with Gasteiger partial charge in [0.05, 0.1) is 0 Å². The summed E-state index contributed by atoms with van der Waals surface area (Å²) < 4.78 is 31.2. The number of esters is 4. The van der Waals surface area contributed by atoms with Crippen molar-refractivity contribution < 1.29 is 57.2 Å². The summed E-state index contributed by atoms with van der Waals surface area (Å²) in [6.07, 6.45) is 5.68. The summed E-state index contributed by atoms with van der Waals surface area (Å²) >= 11 is 0. The molecule has 10 atom stereocenters. The summed E-state index contributed by atoms with van der Waals surface area (Å²) in [6, 6.07) is 0. The van der Waals surface area contributed by atoms with E-state index in [1.807, 2.05) is 0 Å². The summed E-state index contributed by atoms with van der Waals surface area (Å²) in [7, 11) is 0. The molecule has 0 amide bonds. The number of carbonyl (C=O) groups is 6. The lowest BCUT2D eigenvalue weighted by Crippen LogP contribution is -2.54. The van der Waals surface area contributed by atoms with Crippen molar-refractivity contribution in [3.63, 3.8) is 0 Å². The number of fused-ring (bicyclic) bond motifs is 5. The Morgan fingerprint density at radius 1 is 0.694 bits per heavy atom. The minimum Gasteiger partial charge on any atom is -0.462 e. The number of hydrogen-bond donors (Lipinski definition) is 0. The van der Waals surface area contributed by atoms with Crippen molar-refractivity contribution in [3.05, 3.63) is 0 Å². The molecular weight excluding hydrogens is 636 g/mol. The Morgan fingerprint density at radius 2 is 1.29 bits per heavy atom. The van der Waals surface area contributed by atoms with Gasteiger partial charge in [0.1, 0.15) is 25.1 Å². The van der Waals surface area contributed by atoms with Crippen LogP contribution in [0.25, 0.3) is 0 Å². The van der Waals surface area contributed by atoms with Gasteiger partial charge in [0.2, 0.25) is 6.29 Å². The second-order valence-electron chi connectivity index (χ2n) is 15.6. The Kier molecular flexibility index (Phi) is 12.8. The van der Waals surface area contributed by atoms with Crippen LogP contribution in [0.15, 0.2) is 0 Å². The SMILES string of the molecule is CC(=O)OCC(COC(C)=O)OC(=O)CC(C)CC(=O)OC(C)OC(=O)O[C@@H]1CC[C@@]2(C)[C@@H](CC[C@@H]3[C@@H]2CC[C@]2(C)C(C(C)=O)CC[C@@H]32)C1. The van der Waals surface area contributed by atoms with Gasteiger partial charge >= 0.3 is 30.0 Å². The predicted molar refractivity (Wildman–Crippen MR) is 174 cm³/mol. The summed E-state index contributed by atoms with van der Waals surface area (Å²) in [5.41, 5.74) is 0.328. The average molecular weight is 693 g/mol. The second-order valence-corrected chi connectivity index (χ2v) is 15.6. The van der Waals surface area contributed by atoms with Gasteiger partial charge < -0.3 is 28.4 Å². The van der Waals surface area contributed by atoms with E-state index in [0.29, 0.717) is 29.5 Å². The molecular formula is C37H56O12. The highest BCUT2D eigenvalue weighted by atomic mass is 16.8. The first-order chi connectivity index (χ1) is 23.0. The van der Waals surface area contributed by atoms with E-state index in [1.54, 1.807) is 13.8 Å². The van der Waals surface area contributed by atoms with E-state index in [2.05, 4.69) is 13.8 Å². The van der Waals surface area contributed by atoms with Gasteiger partial charge in [-0.3, -0.25) is 24.0 Å². The smallest absolute Gasteiger partial charge is 0.462 e. The van der Waals surface area contributed by atoms with Gasteiger partial charge in [0, 0.05) is 39.5 Å². The number of hydrogen-bond acceptors (Lipinski definition) is 12. The quantitative estimate of drug-likeness (QED) is 0.124. The second kappa shape index (κ2) is 16.2. The van der Waals surface area contributed by atoms with Gasteiger partial charge in [0.15, 0.2) is 6.10 Å². The number of Topliss-reactive ketones (excluding diaryl/α,β-unsaturated/α-hetero) is 1. The molecule has 0 aromatic carbocycles. The highest BCUT2D eigenvalue weighted by Gasteiger charge is 2.61. The third kappa shape index (κ3) is 9.54. The van der Waals surface area contributed by atoms with Gasteiger partial charge in [0.25, 0.3) is 0 Å². The molecule has 276 valence electrons. The van der Waals surface area contributed by atoms with Crippen LogP contribution in [0.2, 0.25) is 0 Å². The molecule has 0 aromatic heterocycles. The number of carbonyl (C=O) groups excluding carboxylic acids is 6. The molecule has 0 aliphatic heterocycles. The van der Waals surface area contributed by atoms with Gasteiger partial charge in [-0.25, -0.2) is 4.79 Å². The fraction of sp³-hybridized carbons (Fsp3) is 0.838. The predicted octanol–water partition coefficient (Wildman–Crippen LogP) is 6.10. The van der Waals surface area contributed by atoms with Crippen molar-refractivity contribution in [1.82, 2.24) is 0 Å². The van der Waals surface area contributed by atoms with Crippen LogP contribution in [0.5, 0.6) is 0 Å². The van der Waals surface area contributed by atoms with Crippen LogP contribution in [-0.2, 0) is 52.4 Å². The lowest BCUT2D eigenvalue weighted by atomic mass is 9.44. The standard InChI is InChI=1S/C37H56O12/c1-21(17-34(42)48-28(19-44-23(3)39)20-45-24(4)40)16-33(41)46-25(5)47-35(43)49-27-12-14-36(6)26(18-27)8-9-29-31-11-10-30(22(2)38)37(31,7)15-13-32(29)36/h21,25-32H,8-20H2,1-7H3/t21?,25?,26-,27+,29-,30?,31-,32-,36-,37+/m0/s1. The fourth-order valence-corrected chi connectivity index (χ4v) is 9.96. The third-order valence-electron chi connectivity index (χ3n) is 12.2. The molecule has 4 aliphatic rings. The van der Waals surface area contributed by atoms with Gasteiger partial charge in [-0.1, -0.05) is 20.8 Å². The molecule has 12 heteroatoms. The molecule has 49 heavy (non-hydrogen) atoms. The molecule has 0 spiro atoms. The van der Waals surface area contributed by atoms with E-state index in [1.165, 1.54) is 27.2 Å². The molecule has 0 aromatic rings. The summed E-state index contributed by atoms with van der Waals surface area (Å²) in [5, 5.41) is 0. The first kappa shape index (κ1) is 38.6. The van der Waals surface area contributed by atoms with Crippen LogP contribution < -0.4 is 0 Å². The largest absolute Gasteiger partial charge is 0.511 e. The molecule has 4 aliphatic carbocycles. The first-order valence-electron chi connectivity index (χ1n) is 18.0. The lowest BCUT2D eigenvalue weighted by Gasteiger charge is -2.61. The zero-order chi connectivity index (χ0) is 36.1. The molecule has 0 heterocycles. The topological polar surface area (TPSA) is 158 Å². The molecule has 3 unspecified atom stereocenters. The van der Waals surface area contributed by atoms with Crippen molar-refractivity contribution in [2.45, 2.75) is 138 Å². The Hall–Kier alpha value is -3.18. The monoisotopic (exact) mass is 692 g/mol. The van der Waals surface area contributed by atoms with Gasteiger partial charge in [-0.2, -0.15) is 0 Å². The van der Waals surface area contributed by atoms with E-state index in [9.17, 15) is 28.8 Å². The highest BCUT2D eigenvalue weighted by molar-refractivity contribution is 5.79. The van der Waals surface area contributed by atoms with E-state index < -0.39 is 48.3 Å². The molecule has 0 radical (unpaired) electrons. The minimum atomic E-state index is -1.18. The van der Waals surface area contributed by atoms with Crippen LogP contribution in [0.4, 0.5) is 4.79 Å². The van der Waals surface area contributed by atoms with Crippen LogP contribution in [0.3, 0.4) is 0 Å². The third-order valence-corrected chi connectivity index (χ3v) is 12.2. The van der Waals surface area contributed by atoms with Crippen molar-refractivity contribution in [2.24, 2.45) is 46.3 Å². The summed E-state index contributed by atoms with van der Waals surface area (Å²) in [6.45, 7) is 11.5. The van der Waals surface area contributed by atoms with Crippen LogP contribution in [0.1, 0.15) is 119 Å². The Balaban J connectivity index is 1.18. The molecule has 0 bridgehead atoms. The maximum atomic E-state index is 12.7. The maximum absolute atomic E-state index is 12.7.